The Morgan fingerprint density at radius 1 is 1.07 bits per heavy atom. The maximum absolute atomic E-state index is 4.68. The molecule has 0 fully saturated rings. The molecule has 146 valence electrons. The molecule has 0 unspecified atom stereocenters. The number of nitrogens with one attached hydrogen (secondary N) is 2. The van der Waals surface area contributed by atoms with Crippen molar-refractivity contribution in [2.24, 2.45) is 4.99 Å². The number of nitrogens with zero attached hydrogens (tertiary/aromatic N) is 3. The summed E-state index contributed by atoms with van der Waals surface area (Å²) in [6.07, 6.45) is 5.99. The van der Waals surface area contributed by atoms with E-state index in [1.165, 1.54) is 19.6 Å². The van der Waals surface area contributed by atoms with Crippen LogP contribution in [0.15, 0.2) is 35.5 Å². The molecule has 0 saturated heterocycles. The summed E-state index contributed by atoms with van der Waals surface area (Å²) in [5.41, 5.74) is 1.10. The van der Waals surface area contributed by atoms with Gasteiger partial charge >= 0.3 is 0 Å². The fourth-order valence-corrected chi connectivity index (χ4v) is 4.48. The Hall–Kier alpha value is -1.26. The number of para-hydroxylation sites is 1. The number of aryl methyl sites for hydroxylation is 2. The van der Waals surface area contributed by atoms with Crippen LogP contribution in [0.1, 0.15) is 28.2 Å². The predicted octanol–water partition coefficient (Wildman–Crippen LogP) is 4.27. The van der Waals surface area contributed by atoms with Gasteiger partial charge in [-0.25, -0.2) is 9.97 Å². The Kier molecular flexibility index (Phi) is 9.43. The van der Waals surface area contributed by atoms with Crippen molar-refractivity contribution in [3.63, 3.8) is 0 Å². The van der Waals surface area contributed by atoms with Gasteiger partial charge in [0, 0.05) is 44.1 Å². The number of fused-ring (bicyclic) bond motifs is 1. The first kappa shape index (κ1) is 22.0. The summed E-state index contributed by atoms with van der Waals surface area (Å²) in [5, 5.41) is 9.11. The van der Waals surface area contributed by atoms with E-state index in [-0.39, 0.29) is 24.0 Å². The van der Waals surface area contributed by atoms with Crippen LogP contribution in [0.25, 0.3) is 10.2 Å². The minimum Gasteiger partial charge on any atom is -0.356 e. The number of thiazole rings is 2. The van der Waals surface area contributed by atoms with Crippen LogP contribution in [0.5, 0.6) is 0 Å². The molecule has 0 atom stereocenters. The summed E-state index contributed by atoms with van der Waals surface area (Å²) in [6.45, 7) is 3.89. The molecule has 27 heavy (non-hydrogen) atoms. The van der Waals surface area contributed by atoms with Crippen molar-refractivity contribution in [1.82, 2.24) is 20.6 Å². The highest BCUT2D eigenvalue weighted by molar-refractivity contribution is 14.0. The van der Waals surface area contributed by atoms with E-state index in [0.29, 0.717) is 0 Å². The normalized spacial score (nSPS) is 11.4. The summed E-state index contributed by atoms with van der Waals surface area (Å²) in [4.78, 5) is 14.8. The molecule has 2 N–H and O–H groups in total. The van der Waals surface area contributed by atoms with Crippen molar-refractivity contribution in [2.75, 3.05) is 20.1 Å². The lowest BCUT2D eigenvalue weighted by atomic mass is 10.3. The summed E-state index contributed by atoms with van der Waals surface area (Å²) in [7, 11) is 1.81. The van der Waals surface area contributed by atoms with Crippen molar-refractivity contribution in [1.29, 1.82) is 0 Å². The van der Waals surface area contributed by atoms with E-state index in [4.69, 9.17) is 0 Å². The molecule has 0 saturated carbocycles. The van der Waals surface area contributed by atoms with Crippen LogP contribution in [0.3, 0.4) is 0 Å². The SMILES string of the molecule is CCc1cnc(CCNC(=NC)NCCCc2nc3ccccc3s2)s1.I. The van der Waals surface area contributed by atoms with Gasteiger partial charge in [-0.2, -0.15) is 0 Å². The molecule has 0 amide bonds. The molecule has 0 bridgehead atoms. The van der Waals surface area contributed by atoms with Gasteiger partial charge in [-0.3, -0.25) is 4.99 Å². The highest BCUT2D eigenvalue weighted by Gasteiger charge is 2.04. The first-order chi connectivity index (χ1) is 12.8. The molecule has 0 aliphatic heterocycles. The third kappa shape index (κ3) is 6.69. The number of hydrogen-bond donors (Lipinski definition) is 2. The number of halogens is 1. The van der Waals surface area contributed by atoms with Gasteiger partial charge in [0.2, 0.25) is 0 Å². The molecular weight excluding hydrogens is 489 g/mol. The van der Waals surface area contributed by atoms with Crippen molar-refractivity contribution in [3.8, 4) is 0 Å². The predicted molar refractivity (Wildman–Crippen MR) is 128 cm³/mol. The van der Waals surface area contributed by atoms with E-state index in [1.807, 2.05) is 19.3 Å². The molecule has 5 nitrogen and oxygen atoms in total. The van der Waals surface area contributed by atoms with Crippen molar-refractivity contribution in [3.05, 3.63) is 45.4 Å². The van der Waals surface area contributed by atoms with Gasteiger partial charge in [-0.05, 0) is 25.0 Å². The average molecular weight is 515 g/mol. The molecule has 3 rings (SSSR count). The van der Waals surface area contributed by atoms with Crippen LogP contribution in [-0.2, 0) is 19.3 Å². The number of benzene rings is 1. The van der Waals surface area contributed by atoms with Gasteiger partial charge in [0.1, 0.15) is 0 Å². The van der Waals surface area contributed by atoms with E-state index in [2.05, 4.69) is 50.7 Å². The van der Waals surface area contributed by atoms with Gasteiger partial charge in [-0.15, -0.1) is 46.7 Å². The van der Waals surface area contributed by atoms with Crippen molar-refractivity contribution in [2.45, 2.75) is 32.6 Å². The van der Waals surface area contributed by atoms with E-state index in [9.17, 15) is 0 Å². The number of aromatic nitrogens is 2. The van der Waals surface area contributed by atoms with Gasteiger partial charge in [0.25, 0.3) is 0 Å². The first-order valence-corrected chi connectivity index (χ1v) is 10.6. The lowest BCUT2D eigenvalue weighted by Crippen LogP contribution is -2.38. The summed E-state index contributed by atoms with van der Waals surface area (Å²) in [5.74, 6) is 0.849. The van der Waals surface area contributed by atoms with E-state index in [0.717, 1.165) is 50.2 Å². The van der Waals surface area contributed by atoms with Crippen LogP contribution in [0.2, 0.25) is 0 Å². The largest absolute Gasteiger partial charge is 0.356 e. The second-order valence-corrected chi connectivity index (χ2v) is 8.24. The molecular formula is C19H26IN5S2. The third-order valence-corrected chi connectivity index (χ3v) is 6.30. The molecule has 0 aliphatic rings. The van der Waals surface area contributed by atoms with Gasteiger partial charge in [-0.1, -0.05) is 19.1 Å². The standard InChI is InChI=1S/C19H25N5S2.HI/c1-3-14-13-23-17(25-14)10-12-22-19(20-2)21-11-6-9-18-24-15-7-4-5-8-16(15)26-18;/h4-5,7-8,13H,3,6,9-12H2,1-2H3,(H2,20,21,22);1H. The number of aliphatic imine (C=N–C) groups is 1. The zero-order chi connectivity index (χ0) is 18.2. The third-order valence-electron chi connectivity index (χ3n) is 4.00. The van der Waals surface area contributed by atoms with E-state index in [1.54, 1.807) is 22.7 Å². The summed E-state index contributed by atoms with van der Waals surface area (Å²) >= 11 is 3.58. The Balaban J connectivity index is 0.00000261. The van der Waals surface area contributed by atoms with E-state index >= 15 is 0 Å². The molecule has 0 aliphatic carbocycles. The molecule has 1 aromatic carbocycles. The number of hydrogen-bond acceptors (Lipinski definition) is 5. The Bertz CT molecular complexity index is 826. The first-order valence-electron chi connectivity index (χ1n) is 9.01. The topological polar surface area (TPSA) is 62.2 Å². The second kappa shape index (κ2) is 11.6. The lowest BCUT2D eigenvalue weighted by Gasteiger charge is -2.10. The Labute approximate surface area is 185 Å². The molecule has 8 heteroatoms. The second-order valence-electron chi connectivity index (χ2n) is 5.93. The monoisotopic (exact) mass is 515 g/mol. The lowest BCUT2D eigenvalue weighted by molar-refractivity contribution is 0.737. The Morgan fingerprint density at radius 2 is 1.89 bits per heavy atom. The minimum atomic E-state index is 0. The van der Waals surface area contributed by atoms with Crippen molar-refractivity contribution < 1.29 is 0 Å². The maximum atomic E-state index is 4.68. The van der Waals surface area contributed by atoms with Crippen molar-refractivity contribution >= 4 is 62.8 Å². The quantitative estimate of drug-likeness (QED) is 0.204. The van der Waals surface area contributed by atoms with Gasteiger partial charge in [0.15, 0.2) is 5.96 Å². The minimum absolute atomic E-state index is 0. The highest BCUT2D eigenvalue weighted by atomic mass is 127. The fraction of sp³-hybridized carbons (Fsp3) is 0.421. The smallest absolute Gasteiger partial charge is 0.190 e. The van der Waals surface area contributed by atoms with Crippen LogP contribution >= 0.6 is 46.7 Å². The molecule has 0 spiro atoms. The summed E-state index contributed by atoms with van der Waals surface area (Å²) < 4.78 is 1.27. The highest BCUT2D eigenvalue weighted by Crippen LogP contribution is 2.22. The zero-order valence-corrected chi connectivity index (χ0v) is 19.7. The number of rotatable bonds is 8. The van der Waals surface area contributed by atoms with Crippen LogP contribution < -0.4 is 10.6 Å². The molecule has 2 heterocycles. The van der Waals surface area contributed by atoms with Crippen LogP contribution in [-0.4, -0.2) is 36.1 Å². The zero-order valence-electron chi connectivity index (χ0n) is 15.7. The Morgan fingerprint density at radius 3 is 2.63 bits per heavy atom. The molecule has 2 aromatic heterocycles. The molecule has 3 aromatic rings. The van der Waals surface area contributed by atoms with Crippen LogP contribution in [0, 0.1) is 0 Å². The average Bonchev–Trinajstić information content (AvgIpc) is 3.29. The number of guanidine groups is 1. The summed E-state index contributed by atoms with van der Waals surface area (Å²) in [6, 6.07) is 8.31. The van der Waals surface area contributed by atoms with Gasteiger partial charge < -0.3 is 10.6 Å². The molecule has 0 radical (unpaired) electrons. The van der Waals surface area contributed by atoms with Crippen LogP contribution in [0.4, 0.5) is 0 Å². The maximum Gasteiger partial charge on any atom is 0.190 e. The fourth-order valence-electron chi connectivity index (χ4n) is 2.61. The van der Waals surface area contributed by atoms with Gasteiger partial charge in [0.05, 0.1) is 20.2 Å². The van der Waals surface area contributed by atoms with E-state index < -0.39 is 0 Å².